The fraction of sp³-hybridized carbons (Fsp3) is 0.857. The van der Waals surface area contributed by atoms with Gasteiger partial charge in [0.15, 0.2) is 0 Å². The molecular weight excluding hydrogens is 303 g/mol. The number of hydrogen-bond donors (Lipinski definition) is 0. The summed E-state index contributed by atoms with van der Waals surface area (Å²) in [5.41, 5.74) is 0. The smallest absolute Gasteiger partial charge is 0.129 e. The summed E-state index contributed by atoms with van der Waals surface area (Å²) in [7, 11) is 0. The zero-order valence-electron chi connectivity index (χ0n) is 6.24. The van der Waals surface area contributed by atoms with E-state index in [1.165, 1.54) is 0 Å². The van der Waals surface area contributed by atoms with Crippen molar-refractivity contribution in [2.45, 2.75) is 38.5 Å². The van der Waals surface area contributed by atoms with E-state index in [9.17, 15) is 8.78 Å². The van der Waals surface area contributed by atoms with Crippen LogP contribution in [0, 0.1) is 6.92 Å². The zero-order valence-corrected chi connectivity index (χ0v) is 9.45. The van der Waals surface area contributed by atoms with E-state index in [-0.39, 0.29) is 28.8 Å². The number of unbranched alkanes of at least 4 members (excludes halogenated alkanes) is 2. The molecule has 0 atom stereocenters. The molecule has 0 rings (SSSR count). The molecule has 0 saturated carbocycles. The Morgan fingerprint density at radius 2 is 1.80 bits per heavy atom. The third-order valence-electron chi connectivity index (χ3n) is 1.15. The summed E-state index contributed by atoms with van der Waals surface area (Å²) in [6, 6.07) is 0. The van der Waals surface area contributed by atoms with Crippen molar-refractivity contribution in [1.29, 1.82) is 0 Å². The van der Waals surface area contributed by atoms with Crippen molar-refractivity contribution < 1.29 is 31.2 Å². The molecule has 0 N–H and O–H groups in total. The molecule has 0 aromatic heterocycles. The summed E-state index contributed by atoms with van der Waals surface area (Å²) < 4.78 is 23.9. The largest absolute Gasteiger partial charge is 0.274 e. The van der Waals surface area contributed by atoms with Gasteiger partial charge in [-0.15, -0.1) is 0 Å². The second kappa shape index (κ2) is 6.32. The minimum Gasteiger partial charge on any atom is -0.274 e. The maximum Gasteiger partial charge on any atom is 0.129 e. The molecule has 10 heavy (non-hydrogen) atoms. The molecule has 0 aromatic rings. The molecule has 0 amide bonds. The van der Waals surface area contributed by atoms with Crippen molar-refractivity contribution >= 4 is 0 Å². The Kier molecular flexibility index (Phi) is 8.35. The normalized spacial score (nSPS) is 10.8. The molecule has 0 unspecified atom stereocenters. The zero-order chi connectivity index (χ0) is 7.33. The van der Waals surface area contributed by atoms with Crippen LogP contribution in [0.15, 0.2) is 0 Å². The monoisotopic (exact) mass is 316 g/mol. The fourth-order valence-corrected chi connectivity index (χ4v) is 0.634. The molecule has 0 heterocycles. The Balaban J connectivity index is 0. The van der Waals surface area contributed by atoms with Gasteiger partial charge in [-0.3, -0.25) is 6.92 Å². The molecule has 1 radical (unpaired) electrons. The van der Waals surface area contributed by atoms with E-state index in [2.05, 4.69) is 6.92 Å². The molecule has 61 valence electrons. The Bertz CT molecular complexity index is 68.5. The molecule has 0 aromatic carbocycles. The first-order valence-corrected chi connectivity index (χ1v) is 3.29. The van der Waals surface area contributed by atoms with Crippen molar-refractivity contribution in [2.75, 3.05) is 0 Å². The first-order chi connectivity index (χ1) is 4.06. The maximum atomic E-state index is 11.9. The SMILES string of the molecule is [CH2-]C(F)(F)CCCCC.[Ta]. The van der Waals surface area contributed by atoms with Crippen LogP contribution in [0.2, 0.25) is 0 Å². The Morgan fingerprint density at radius 3 is 2.10 bits per heavy atom. The van der Waals surface area contributed by atoms with Crippen LogP contribution < -0.4 is 0 Å². The van der Waals surface area contributed by atoms with Crippen LogP contribution in [0.25, 0.3) is 0 Å². The number of halogens is 2. The van der Waals surface area contributed by atoms with Gasteiger partial charge in [-0.1, -0.05) is 26.2 Å². The van der Waals surface area contributed by atoms with Crippen LogP contribution in [0.4, 0.5) is 8.78 Å². The van der Waals surface area contributed by atoms with E-state index in [0.29, 0.717) is 6.42 Å². The molecule has 3 heteroatoms. The Hall–Kier alpha value is 0.600. The van der Waals surface area contributed by atoms with Crippen LogP contribution in [0.3, 0.4) is 0 Å². The first kappa shape index (κ1) is 13.2. The summed E-state index contributed by atoms with van der Waals surface area (Å²) in [5, 5.41) is 0. The standard InChI is InChI=1S/C7H13F2.Ta/c1-3-4-5-6-7(2,8)9;/h2-6H2,1H3;/q-1;. The van der Waals surface area contributed by atoms with Gasteiger partial charge in [-0.2, -0.15) is 0 Å². The molecule has 0 aliphatic rings. The van der Waals surface area contributed by atoms with Crippen LogP contribution >= 0.6 is 0 Å². The molecule has 0 saturated heterocycles. The average molecular weight is 316 g/mol. The van der Waals surface area contributed by atoms with Gasteiger partial charge < -0.3 is 0 Å². The summed E-state index contributed by atoms with van der Waals surface area (Å²) in [4.78, 5) is 0. The third kappa shape index (κ3) is 11.4. The number of rotatable bonds is 4. The van der Waals surface area contributed by atoms with Crippen LogP contribution in [-0.2, 0) is 22.4 Å². The van der Waals surface area contributed by atoms with Crippen molar-refractivity contribution in [2.24, 2.45) is 0 Å². The van der Waals surface area contributed by atoms with E-state index in [1.54, 1.807) is 0 Å². The molecule has 0 aliphatic heterocycles. The van der Waals surface area contributed by atoms with Gasteiger partial charge in [0.2, 0.25) is 0 Å². The predicted octanol–water partition coefficient (Wildman–Crippen LogP) is 3.03. The number of hydrogen-bond acceptors (Lipinski definition) is 0. The van der Waals surface area contributed by atoms with Crippen LogP contribution in [0.5, 0.6) is 0 Å². The van der Waals surface area contributed by atoms with Crippen molar-refractivity contribution in [3.05, 3.63) is 6.92 Å². The van der Waals surface area contributed by atoms with Gasteiger partial charge in [-0.25, -0.2) is 8.78 Å². The van der Waals surface area contributed by atoms with Crippen LogP contribution in [0.1, 0.15) is 32.6 Å². The molecular formula is C7H13F2Ta-. The third-order valence-corrected chi connectivity index (χ3v) is 1.15. The van der Waals surface area contributed by atoms with Crippen molar-refractivity contribution in [3.63, 3.8) is 0 Å². The Labute approximate surface area is 76.9 Å². The first-order valence-electron chi connectivity index (χ1n) is 3.29. The van der Waals surface area contributed by atoms with E-state index >= 15 is 0 Å². The second-order valence-corrected chi connectivity index (χ2v) is 2.31. The summed E-state index contributed by atoms with van der Waals surface area (Å²) in [6.45, 7) is 4.70. The van der Waals surface area contributed by atoms with Crippen LogP contribution in [-0.4, -0.2) is 5.92 Å². The minimum absolute atomic E-state index is 0. The molecule has 0 spiro atoms. The minimum atomic E-state index is -2.70. The van der Waals surface area contributed by atoms with Gasteiger partial charge in [0.05, 0.1) is 0 Å². The molecule has 0 aliphatic carbocycles. The van der Waals surface area contributed by atoms with E-state index in [4.69, 9.17) is 0 Å². The summed E-state index contributed by atoms with van der Waals surface area (Å²) in [5.74, 6) is -2.70. The van der Waals surface area contributed by atoms with Gasteiger partial charge in [0, 0.05) is 22.4 Å². The van der Waals surface area contributed by atoms with Gasteiger partial charge in [-0.05, 0) is 6.42 Å². The molecule has 0 fully saturated rings. The fourth-order valence-electron chi connectivity index (χ4n) is 0.634. The topological polar surface area (TPSA) is 0 Å². The van der Waals surface area contributed by atoms with Crippen molar-refractivity contribution in [1.82, 2.24) is 0 Å². The van der Waals surface area contributed by atoms with E-state index in [0.717, 1.165) is 12.8 Å². The quantitative estimate of drug-likeness (QED) is 0.552. The maximum absolute atomic E-state index is 11.9. The van der Waals surface area contributed by atoms with Gasteiger partial charge in [0.1, 0.15) is 5.92 Å². The summed E-state index contributed by atoms with van der Waals surface area (Å²) in [6.07, 6.45) is 2.38. The Morgan fingerprint density at radius 1 is 1.30 bits per heavy atom. The molecule has 0 bridgehead atoms. The van der Waals surface area contributed by atoms with Gasteiger partial charge >= 0.3 is 0 Å². The average Bonchev–Trinajstić information content (AvgIpc) is 1.63. The van der Waals surface area contributed by atoms with E-state index < -0.39 is 5.92 Å². The van der Waals surface area contributed by atoms with Crippen molar-refractivity contribution in [3.8, 4) is 0 Å². The van der Waals surface area contributed by atoms with E-state index in [1.807, 2.05) is 6.92 Å². The second-order valence-electron chi connectivity index (χ2n) is 2.31. The predicted molar refractivity (Wildman–Crippen MR) is 34.4 cm³/mol. The summed E-state index contributed by atoms with van der Waals surface area (Å²) >= 11 is 0. The van der Waals surface area contributed by atoms with Gasteiger partial charge in [0.25, 0.3) is 0 Å². The molecule has 0 nitrogen and oxygen atoms in total. The number of alkyl halides is 2.